The van der Waals surface area contributed by atoms with Crippen LogP contribution in [0.1, 0.15) is 61.9 Å². The van der Waals surface area contributed by atoms with Crippen LogP contribution in [0.5, 0.6) is 0 Å². The number of halogens is 4. The van der Waals surface area contributed by atoms with Crippen LogP contribution in [0.25, 0.3) is 0 Å². The van der Waals surface area contributed by atoms with Crippen LogP contribution in [0.3, 0.4) is 0 Å². The van der Waals surface area contributed by atoms with E-state index in [2.05, 4.69) is 5.32 Å². The second kappa shape index (κ2) is 13.3. The lowest BCUT2D eigenvalue weighted by molar-refractivity contribution is -0.142. The number of cyclic esters (lactones) is 1. The van der Waals surface area contributed by atoms with E-state index >= 15 is 0 Å². The van der Waals surface area contributed by atoms with E-state index in [1.807, 2.05) is 18.7 Å². The average Bonchev–Trinajstić information content (AvgIpc) is 3.33. The van der Waals surface area contributed by atoms with Gasteiger partial charge in [-0.15, -0.1) is 0 Å². The van der Waals surface area contributed by atoms with Crippen LogP contribution in [0, 0.1) is 11.8 Å². The zero-order valence-electron chi connectivity index (χ0n) is 23.6. The van der Waals surface area contributed by atoms with Crippen molar-refractivity contribution >= 4 is 35.1 Å². The molecule has 228 valence electrons. The van der Waals surface area contributed by atoms with Gasteiger partial charge in [0.15, 0.2) is 0 Å². The van der Waals surface area contributed by atoms with Crippen LogP contribution in [0.2, 0.25) is 5.02 Å². The highest BCUT2D eigenvalue weighted by Gasteiger charge is 2.43. The van der Waals surface area contributed by atoms with Crippen molar-refractivity contribution in [2.45, 2.75) is 51.4 Å². The van der Waals surface area contributed by atoms with Gasteiger partial charge < -0.3 is 25.6 Å². The minimum atomic E-state index is -4.55. The molecule has 0 spiro atoms. The van der Waals surface area contributed by atoms with E-state index in [0.29, 0.717) is 54.4 Å². The first-order valence-electron chi connectivity index (χ1n) is 14.1. The maximum absolute atomic E-state index is 13.7. The molecule has 4 rings (SSSR count). The number of esters is 1. The number of alkyl halides is 3. The fourth-order valence-corrected chi connectivity index (χ4v) is 5.69. The Morgan fingerprint density at radius 1 is 1.10 bits per heavy atom. The Morgan fingerprint density at radius 2 is 1.76 bits per heavy atom. The predicted octanol–water partition coefficient (Wildman–Crippen LogP) is 4.86. The average molecular weight is 609 g/mol. The summed E-state index contributed by atoms with van der Waals surface area (Å²) in [5, 5.41) is 3.41. The van der Waals surface area contributed by atoms with Gasteiger partial charge in [-0.1, -0.05) is 37.6 Å². The molecule has 0 aromatic heterocycles. The maximum atomic E-state index is 13.7. The van der Waals surface area contributed by atoms with Gasteiger partial charge in [0.1, 0.15) is 6.10 Å². The molecule has 0 bridgehead atoms. The standard InChI is InChI=1S/C30H36ClF3N4O4/c1-18(2)15-24(36-26(39)9-10-35)22-16-20(30(32,33)34)5-8-25(22)37-11-13-38(14-12-37)29(41)23-17-27(40)42-28(23)19-3-6-21(31)7-4-19/h3-8,16,18,23-24,28H,9-15,17,35H2,1-2H3,(H,36,39). The number of nitrogens with two attached hydrogens (primary N) is 1. The largest absolute Gasteiger partial charge is 0.457 e. The highest BCUT2D eigenvalue weighted by atomic mass is 35.5. The lowest BCUT2D eigenvalue weighted by atomic mass is 9.92. The molecule has 2 heterocycles. The Kier molecular flexibility index (Phi) is 10.0. The summed E-state index contributed by atoms with van der Waals surface area (Å²) in [6.07, 6.45) is -4.80. The van der Waals surface area contributed by atoms with Crippen LogP contribution in [-0.2, 0) is 25.3 Å². The minimum absolute atomic E-state index is 0.0330. The third-order valence-electron chi connectivity index (χ3n) is 7.60. The highest BCUT2D eigenvalue weighted by Crippen LogP contribution is 2.39. The van der Waals surface area contributed by atoms with Crippen molar-refractivity contribution < 1.29 is 32.3 Å². The van der Waals surface area contributed by atoms with Gasteiger partial charge in [0, 0.05) is 49.9 Å². The molecule has 0 saturated carbocycles. The van der Waals surface area contributed by atoms with Crippen LogP contribution in [0.15, 0.2) is 42.5 Å². The number of carbonyl (C=O) groups is 3. The number of nitrogens with one attached hydrogen (secondary N) is 1. The Hall–Kier alpha value is -3.31. The molecule has 3 atom stereocenters. The van der Waals surface area contributed by atoms with Crippen molar-refractivity contribution in [2.24, 2.45) is 17.6 Å². The number of hydrogen-bond donors (Lipinski definition) is 2. The normalized spacial score (nSPS) is 20.0. The number of hydrogen-bond acceptors (Lipinski definition) is 6. The second-order valence-corrected chi connectivity index (χ2v) is 11.6. The smallest absolute Gasteiger partial charge is 0.416 e. The van der Waals surface area contributed by atoms with Gasteiger partial charge in [0.25, 0.3) is 0 Å². The van der Waals surface area contributed by atoms with E-state index in [4.69, 9.17) is 22.1 Å². The molecule has 2 aromatic rings. The Bertz CT molecular complexity index is 1280. The van der Waals surface area contributed by atoms with E-state index in [1.54, 1.807) is 29.2 Å². The van der Waals surface area contributed by atoms with Gasteiger partial charge in [0.2, 0.25) is 11.8 Å². The molecule has 0 aliphatic carbocycles. The summed E-state index contributed by atoms with van der Waals surface area (Å²) in [4.78, 5) is 41.8. The number of nitrogens with zero attached hydrogens (tertiary/aromatic N) is 2. The van der Waals surface area contributed by atoms with E-state index in [-0.39, 0.29) is 37.1 Å². The number of piperazine rings is 1. The van der Waals surface area contributed by atoms with Gasteiger partial charge in [-0.05, 0) is 53.8 Å². The first-order chi connectivity index (χ1) is 19.9. The third kappa shape index (κ3) is 7.55. The first-order valence-corrected chi connectivity index (χ1v) is 14.4. The van der Waals surface area contributed by atoms with Crippen LogP contribution < -0.4 is 16.0 Å². The SMILES string of the molecule is CC(C)CC(NC(=O)CCN)c1cc(C(F)(F)F)ccc1N1CCN(C(=O)C2CC(=O)OC2c2ccc(Cl)cc2)CC1. The summed E-state index contributed by atoms with van der Waals surface area (Å²) in [6, 6.07) is 9.77. The van der Waals surface area contributed by atoms with Gasteiger partial charge in [0.05, 0.1) is 23.9 Å². The topological polar surface area (TPSA) is 105 Å². The Labute approximate surface area is 248 Å². The van der Waals surface area contributed by atoms with Crippen molar-refractivity contribution in [1.29, 1.82) is 0 Å². The van der Waals surface area contributed by atoms with Crippen molar-refractivity contribution in [3.63, 3.8) is 0 Å². The lowest BCUT2D eigenvalue weighted by Gasteiger charge is -2.39. The Balaban J connectivity index is 1.55. The Morgan fingerprint density at radius 3 is 2.36 bits per heavy atom. The van der Waals surface area contributed by atoms with E-state index in [1.165, 1.54) is 6.07 Å². The minimum Gasteiger partial charge on any atom is -0.457 e. The molecule has 0 radical (unpaired) electrons. The first kappa shape index (κ1) is 31.6. The maximum Gasteiger partial charge on any atom is 0.416 e. The van der Waals surface area contributed by atoms with Crippen molar-refractivity contribution in [3.8, 4) is 0 Å². The van der Waals surface area contributed by atoms with Gasteiger partial charge in [-0.2, -0.15) is 13.2 Å². The van der Waals surface area contributed by atoms with Gasteiger partial charge in [-0.25, -0.2) is 0 Å². The molecule has 2 saturated heterocycles. The number of amides is 2. The summed E-state index contributed by atoms with van der Waals surface area (Å²) in [7, 11) is 0. The summed E-state index contributed by atoms with van der Waals surface area (Å²) in [5.41, 5.74) is 6.37. The number of carbonyl (C=O) groups excluding carboxylic acids is 3. The number of anilines is 1. The van der Waals surface area contributed by atoms with Crippen LogP contribution >= 0.6 is 11.6 Å². The van der Waals surface area contributed by atoms with E-state index < -0.39 is 35.8 Å². The highest BCUT2D eigenvalue weighted by molar-refractivity contribution is 6.30. The molecule has 42 heavy (non-hydrogen) atoms. The molecule has 2 fully saturated rings. The molecule has 2 amide bonds. The van der Waals surface area contributed by atoms with Crippen molar-refractivity contribution in [1.82, 2.24) is 10.2 Å². The lowest BCUT2D eigenvalue weighted by Crippen LogP contribution is -2.51. The van der Waals surface area contributed by atoms with Crippen molar-refractivity contribution in [2.75, 3.05) is 37.6 Å². The summed E-state index contributed by atoms with van der Waals surface area (Å²) in [5.74, 6) is -1.57. The second-order valence-electron chi connectivity index (χ2n) is 11.1. The van der Waals surface area contributed by atoms with Gasteiger partial charge >= 0.3 is 12.1 Å². The molecule has 3 N–H and O–H groups in total. The molecule has 8 nitrogen and oxygen atoms in total. The molecular weight excluding hydrogens is 573 g/mol. The molecule has 3 unspecified atom stereocenters. The number of rotatable bonds is 9. The zero-order valence-corrected chi connectivity index (χ0v) is 24.4. The number of ether oxygens (including phenoxy) is 1. The number of benzene rings is 2. The van der Waals surface area contributed by atoms with Crippen molar-refractivity contribution in [3.05, 3.63) is 64.2 Å². The van der Waals surface area contributed by atoms with E-state index in [9.17, 15) is 27.6 Å². The van der Waals surface area contributed by atoms with Gasteiger partial charge in [-0.3, -0.25) is 14.4 Å². The molecule has 2 aromatic carbocycles. The molecular formula is C30H36ClF3N4O4. The molecule has 2 aliphatic heterocycles. The summed E-state index contributed by atoms with van der Waals surface area (Å²) < 4.78 is 46.7. The fourth-order valence-electron chi connectivity index (χ4n) is 5.56. The molecule has 2 aliphatic rings. The van der Waals surface area contributed by atoms with Crippen LogP contribution in [0.4, 0.5) is 18.9 Å². The molecule has 12 heteroatoms. The fraction of sp³-hybridized carbons (Fsp3) is 0.500. The predicted molar refractivity (Wildman–Crippen MR) is 153 cm³/mol. The van der Waals surface area contributed by atoms with E-state index in [0.717, 1.165) is 12.1 Å². The third-order valence-corrected chi connectivity index (χ3v) is 7.85. The summed E-state index contributed by atoms with van der Waals surface area (Å²) in [6.45, 7) is 5.35. The van der Waals surface area contributed by atoms with Crippen LogP contribution in [-0.4, -0.2) is 55.4 Å². The monoisotopic (exact) mass is 608 g/mol. The zero-order chi connectivity index (χ0) is 30.6. The quantitative estimate of drug-likeness (QED) is 0.394. The summed E-state index contributed by atoms with van der Waals surface area (Å²) >= 11 is 5.99.